The number of carbonyl (C=O) groups is 1. The molecule has 1 rings (SSSR count). The van der Waals surface area contributed by atoms with Crippen LogP contribution < -0.4 is 11.1 Å². The first-order valence-corrected chi connectivity index (χ1v) is 10.7. The predicted molar refractivity (Wildman–Crippen MR) is 116 cm³/mol. The number of rotatable bonds is 15. The first-order chi connectivity index (χ1) is 13.6. The van der Waals surface area contributed by atoms with Gasteiger partial charge >= 0.3 is 6.09 Å². The summed E-state index contributed by atoms with van der Waals surface area (Å²) in [5.74, 6) is 0. The van der Waals surface area contributed by atoms with Crippen molar-refractivity contribution in [3.8, 4) is 0 Å². The fourth-order valence-electron chi connectivity index (χ4n) is 3.07. The largest absolute Gasteiger partial charge is 0.445 e. The number of carbonyl (C=O) groups excluding carboxylic acids is 1. The number of nitrogens with zero attached hydrogens (tertiary/aromatic N) is 2. The Bertz CT molecular complexity index is 513. The Balaban J connectivity index is 2.36. The summed E-state index contributed by atoms with van der Waals surface area (Å²) in [5, 5.41) is 3.62. The standard InChI is InChI=1S/C22H40N4O2/c1-4-15-26(22(27)28-19-20-10-7-6-8-11-20)17-12-21(5-2)24-14-18-25(3)16-9-13-23/h6-8,10-11,21,24H,4-5,9,12-19,23H2,1-3H3. The molecule has 6 heteroatoms. The minimum absolute atomic E-state index is 0.220. The third kappa shape index (κ3) is 10.6. The molecule has 0 fully saturated rings. The van der Waals surface area contributed by atoms with Gasteiger partial charge in [0.15, 0.2) is 0 Å². The second kappa shape index (κ2) is 15.3. The Morgan fingerprint density at radius 3 is 2.54 bits per heavy atom. The highest BCUT2D eigenvalue weighted by atomic mass is 16.6. The van der Waals surface area contributed by atoms with Crippen LogP contribution in [0.5, 0.6) is 0 Å². The van der Waals surface area contributed by atoms with Crippen molar-refractivity contribution in [1.29, 1.82) is 0 Å². The monoisotopic (exact) mass is 392 g/mol. The maximum Gasteiger partial charge on any atom is 0.410 e. The van der Waals surface area contributed by atoms with Crippen LogP contribution in [-0.4, -0.2) is 68.3 Å². The normalized spacial score (nSPS) is 12.2. The van der Waals surface area contributed by atoms with Crippen LogP contribution in [0.15, 0.2) is 30.3 Å². The number of benzene rings is 1. The zero-order valence-electron chi connectivity index (χ0n) is 18.0. The molecular weight excluding hydrogens is 352 g/mol. The lowest BCUT2D eigenvalue weighted by Gasteiger charge is -2.25. The van der Waals surface area contributed by atoms with Gasteiger partial charge in [-0.3, -0.25) is 0 Å². The van der Waals surface area contributed by atoms with Crippen LogP contribution in [0.4, 0.5) is 4.79 Å². The van der Waals surface area contributed by atoms with Gasteiger partial charge in [0.2, 0.25) is 0 Å². The number of hydrogen-bond donors (Lipinski definition) is 2. The molecule has 160 valence electrons. The third-order valence-electron chi connectivity index (χ3n) is 4.87. The minimum Gasteiger partial charge on any atom is -0.445 e. The zero-order chi connectivity index (χ0) is 20.6. The van der Waals surface area contributed by atoms with Crippen LogP contribution in [0.3, 0.4) is 0 Å². The Labute approximate surface area is 171 Å². The Morgan fingerprint density at radius 1 is 1.14 bits per heavy atom. The van der Waals surface area contributed by atoms with Crippen LogP contribution in [-0.2, 0) is 11.3 Å². The van der Waals surface area contributed by atoms with E-state index < -0.39 is 0 Å². The predicted octanol–water partition coefficient (Wildman–Crippen LogP) is 3.07. The lowest BCUT2D eigenvalue weighted by atomic mass is 10.1. The Hall–Kier alpha value is -1.63. The van der Waals surface area contributed by atoms with Gasteiger partial charge in [0.25, 0.3) is 0 Å². The summed E-state index contributed by atoms with van der Waals surface area (Å²) in [6, 6.07) is 10.2. The maximum atomic E-state index is 12.5. The number of nitrogens with one attached hydrogen (secondary N) is 1. The topological polar surface area (TPSA) is 70.8 Å². The smallest absolute Gasteiger partial charge is 0.410 e. The maximum absolute atomic E-state index is 12.5. The lowest BCUT2D eigenvalue weighted by molar-refractivity contribution is 0.0944. The molecule has 1 unspecified atom stereocenters. The number of hydrogen-bond acceptors (Lipinski definition) is 5. The molecule has 0 aliphatic heterocycles. The molecule has 0 aromatic heterocycles. The molecule has 0 saturated heterocycles. The lowest BCUT2D eigenvalue weighted by Crippen LogP contribution is -2.40. The van der Waals surface area contributed by atoms with E-state index in [9.17, 15) is 4.79 Å². The van der Waals surface area contributed by atoms with Crippen LogP contribution in [0, 0.1) is 0 Å². The molecule has 28 heavy (non-hydrogen) atoms. The van der Waals surface area contributed by atoms with Crippen molar-refractivity contribution in [2.45, 2.75) is 52.2 Å². The van der Waals surface area contributed by atoms with Crippen molar-refractivity contribution >= 4 is 6.09 Å². The molecule has 1 atom stereocenters. The number of nitrogens with two attached hydrogens (primary N) is 1. The molecule has 0 radical (unpaired) electrons. The Kier molecular flexibility index (Phi) is 13.3. The summed E-state index contributed by atoms with van der Waals surface area (Å²) in [5.41, 5.74) is 6.58. The molecule has 1 amide bonds. The molecule has 6 nitrogen and oxygen atoms in total. The molecule has 1 aromatic rings. The van der Waals surface area contributed by atoms with E-state index in [0.717, 1.165) is 70.5 Å². The second-order valence-electron chi connectivity index (χ2n) is 7.32. The van der Waals surface area contributed by atoms with Gasteiger partial charge in [-0.05, 0) is 51.4 Å². The molecule has 3 N–H and O–H groups in total. The van der Waals surface area contributed by atoms with Crippen LogP contribution in [0.25, 0.3) is 0 Å². The average Bonchev–Trinajstić information content (AvgIpc) is 2.72. The van der Waals surface area contributed by atoms with E-state index in [2.05, 4.69) is 31.1 Å². The summed E-state index contributed by atoms with van der Waals surface area (Å²) in [6.07, 6.45) is 3.72. The van der Waals surface area contributed by atoms with Crippen LogP contribution >= 0.6 is 0 Å². The van der Waals surface area contributed by atoms with Gasteiger partial charge in [-0.15, -0.1) is 0 Å². The quantitative estimate of drug-likeness (QED) is 0.480. The van der Waals surface area contributed by atoms with E-state index in [1.165, 1.54) is 0 Å². The number of likely N-dealkylation sites (N-methyl/N-ethyl adjacent to an activating group) is 1. The van der Waals surface area contributed by atoms with Crippen molar-refractivity contribution in [1.82, 2.24) is 15.1 Å². The first kappa shape index (κ1) is 24.4. The molecular formula is C22H40N4O2. The summed E-state index contributed by atoms with van der Waals surface area (Å²) in [7, 11) is 2.13. The molecule has 0 spiro atoms. The van der Waals surface area contributed by atoms with Crippen molar-refractivity contribution in [3.05, 3.63) is 35.9 Å². The van der Waals surface area contributed by atoms with E-state index in [4.69, 9.17) is 10.5 Å². The molecule has 0 aliphatic carbocycles. The van der Waals surface area contributed by atoms with E-state index in [-0.39, 0.29) is 6.09 Å². The van der Waals surface area contributed by atoms with Gasteiger partial charge in [-0.25, -0.2) is 4.79 Å². The van der Waals surface area contributed by atoms with Crippen molar-refractivity contribution in [3.63, 3.8) is 0 Å². The SMILES string of the molecule is CCCN(CCC(CC)NCCN(C)CCCN)C(=O)OCc1ccccc1. The van der Waals surface area contributed by atoms with Gasteiger partial charge in [-0.2, -0.15) is 0 Å². The fourth-order valence-corrected chi connectivity index (χ4v) is 3.07. The third-order valence-corrected chi connectivity index (χ3v) is 4.87. The second-order valence-corrected chi connectivity index (χ2v) is 7.32. The van der Waals surface area contributed by atoms with Gasteiger partial charge in [-0.1, -0.05) is 44.2 Å². The van der Waals surface area contributed by atoms with Gasteiger partial charge in [0.1, 0.15) is 6.61 Å². The molecule has 0 aliphatic rings. The summed E-state index contributed by atoms with van der Waals surface area (Å²) < 4.78 is 5.51. The summed E-state index contributed by atoms with van der Waals surface area (Å²) in [6.45, 7) is 9.78. The average molecular weight is 393 g/mol. The molecule has 0 saturated carbocycles. The van der Waals surface area contributed by atoms with Gasteiger partial charge in [0.05, 0.1) is 0 Å². The highest BCUT2D eigenvalue weighted by molar-refractivity contribution is 5.67. The van der Waals surface area contributed by atoms with Crippen LogP contribution in [0.2, 0.25) is 0 Å². The fraction of sp³-hybridized carbons (Fsp3) is 0.682. The van der Waals surface area contributed by atoms with E-state index >= 15 is 0 Å². The Morgan fingerprint density at radius 2 is 1.89 bits per heavy atom. The number of amides is 1. The van der Waals surface area contributed by atoms with Gasteiger partial charge in [0, 0.05) is 32.2 Å². The molecule has 1 aromatic carbocycles. The highest BCUT2D eigenvalue weighted by Gasteiger charge is 2.16. The minimum atomic E-state index is -0.220. The van der Waals surface area contributed by atoms with Gasteiger partial charge < -0.3 is 25.6 Å². The zero-order valence-corrected chi connectivity index (χ0v) is 18.0. The van der Waals surface area contributed by atoms with Crippen LogP contribution in [0.1, 0.15) is 45.1 Å². The number of ether oxygens (including phenoxy) is 1. The van der Waals surface area contributed by atoms with Crippen molar-refractivity contribution in [2.24, 2.45) is 5.73 Å². The summed E-state index contributed by atoms with van der Waals surface area (Å²) in [4.78, 5) is 16.6. The summed E-state index contributed by atoms with van der Waals surface area (Å²) >= 11 is 0. The van der Waals surface area contributed by atoms with E-state index in [1.807, 2.05) is 35.2 Å². The van der Waals surface area contributed by atoms with Crippen molar-refractivity contribution in [2.75, 3.05) is 46.3 Å². The van der Waals surface area contributed by atoms with E-state index in [1.54, 1.807) is 0 Å². The molecule has 0 bridgehead atoms. The van der Waals surface area contributed by atoms with E-state index in [0.29, 0.717) is 12.6 Å². The molecule has 0 heterocycles. The van der Waals surface area contributed by atoms with Crippen molar-refractivity contribution < 1.29 is 9.53 Å². The highest BCUT2D eigenvalue weighted by Crippen LogP contribution is 2.07. The first-order valence-electron chi connectivity index (χ1n) is 10.7.